The van der Waals surface area contributed by atoms with Crippen molar-refractivity contribution >= 4 is 11.0 Å². The summed E-state index contributed by atoms with van der Waals surface area (Å²) in [7, 11) is 4.00. The highest BCUT2D eigenvalue weighted by molar-refractivity contribution is 5.97. The van der Waals surface area contributed by atoms with Crippen LogP contribution in [-0.2, 0) is 14.1 Å². The number of hydrogen-bond donors (Lipinski definition) is 1. The minimum absolute atomic E-state index is 0. The van der Waals surface area contributed by atoms with Crippen LogP contribution in [0, 0.1) is 145 Å². The molecule has 4 aromatic rings. The lowest BCUT2D eigenvalue weighted by molar-refractivity contribution is 0.393. The number of nitroso groups, excluding NO2 is 1. The van der Waals surface area contributed by atoms with E-state index in [0.717, 1.165) is 56.1 Å². The van der Waals surface area contributed by atoms with Gasteiger partial charge >= 0.3 is 0 Å². The normalized spacial score (nSPS) is 8.28. The maximum atomic E-state index is 8.91. The number of benzene rings is 1. The van der Waals surface area contributed by atoms with Crippen LogP contribution in [0.15, 0.2) is 43.9 Å². The number of aromatic nitrogens is 5. The standard InChI is InChI=1S/C19H21N5O.C19H4.HN5O.8H2/c1-10-17(12(3)24(6)21-10)15-7-14(18-11(2)22-25-13(18)4)8-16-19(15)23(5)9-20-16;1-3-5-7-9-11-13-15-17-19-18-16-14-12-10-8-6-4-2;1-2-3-4-5-6;;;;;;;;/h7-9H,1-6H3;1H,2H3;1H;8*1H/b;;2-1?,4-3+;;;;;;;;. The zero-order chi connectivity index (χ0) is 36.7. The van der Waals surface area contributed by atoms with Crippen LogP contribution >= 0.6 is 0 Å². The molecule has 0 atom stereocenters. The van der Waals surface area contributed by atoms with Gasteiger partial charge in [0.05, 0.1) is 28.7 Å². The van der Waals surface area contributed by atoms with Gasteiger partial charge in [0.25, 0.3) is 0 Å². The molecule has 0 spiro atoms. The van der Waals surface area contributed by atoms with Gasteiger partial charge in [0, 0.05) is 53.1 Å². The van der Waals surface area contributed by atoms with E-state index < -0.39 is 0 Å². The summed E-state index contributed by atoms with van der Waals surface area (Å²) in [5, 5.41) is 17.9. The maximum Gasteiger partial charge on any atom is 0.141 e. The third-order valence-corrected chi connectivity index (χ3v) is 6.11. The number of hydrogen-bond acceptors (Lipinski definition) is 6. The molecule has 0 amide bonds. The highest BCUT2D eigenvalue weighted by Gasteiger charge is 2.20. The molecule has 12 nitrogen and oxygen atoms in total. The van der Waals surface area contributed by atoms with Gasteiger partial charge in [-0.1, -0.05) is 11.1 Å². The van der Waals surface area contributed by atoms with E-state index in [4.69, 9.17) is 21.4 Å². The van der Waals surface area contributed by atoms with Gasteiger partial charge in [0.2, 0.25) is 0 Å². The van der Waals surface area contributed by atoms with Gasteiger partial charge in [0.1, 0.15) is 11.0 Å². The summed E-state index contributed by atoms with van der Waals surface area (Å²) in [6.45, 7) is 9.75. The van der Waals surface area contributed by atoms with E-state index in [1.54, 1.807) is 6.92 Å². The maximum absolute atomic E-state index is 8.91. The number of nitrogens with one attached hydrogen (secondary N) is 1. The van der Waals surface area contributed by atoms with Crippen molar-refractivity contribution in [2.24, 2.45) is 35.1 Å². The van der Waals surface area contributed by atoms with Crippen molar-refractivity contribution in [1.29, 1.82) is 5.53 Å². The van der Waals surface area contributed by atoms with Crippen LogP contribution in [0.4, 0.5) is 0 Å². The van der Waals surface area contributed by atoms with E-state index in [1.807, 2.05) is 51.2 Å². The van der Waals surface area contributed by atoms with Gasteiger partial charge in [-0.2, -0.15) is 10.6 Å². The lowest BCUT2D eigenvalue weighted by Gasteiger charge is -2.10. The number of imidazole rings is 1. The second-order valence-electron chi connectivity index (χ2n) is 9.25. The van der Waals surface area contributed by atoms with E-state index in [1.165, 1.54) is 0 Å². The molecular formula is C38H42N10O2. The second-order valence-corrected chi connectivity index (χ2v) is 9.25. The minimum Gasteiger partial charge on any atom is -0.361 e. The predicted molar refractivity (Wildman–Crippen MR) is 207 cm³/mol. The molecule has 0 unspecified atom stereocenters. The first-order chi connectivity index (χ1) is 24.2. The van der Waals surface area contributed by atoms with Crippen molar-refractivity contribution < 1.29 is 15.9 Å². The largest absolute Gasteiger partial charge is 0.361 e. The Labute approximate surface area is 302 Å². The van der Waals surface area contributed by atoms with Gasteiger partial charge in [-0.25, -0.2) is 4.98 Å². The molecule has 256 valence electrons. The Morgan fingerprint density at radius 1 is 0.800 bits per heavy atom. The number of aryl methyl sites for hydroxylation is 5. The Morgan fingerprint density at radius 3 is 1.78 bits per heavy atom. The molecule has 0 aliphatic carbocycles. The Balaban J connectivity index is -0.000000143. The van der Waals surface area contributed by atoms with Gasteiger partial charge in [0.15, 0.2) is 0 Å². The fraction of sp³-hybridized carbons (Fsp3) is 0.184. The molecular weight excluding hydrogens is 628 g/mol. The molecule has 0 bridgehead atoms. The van der Waals surface area contributed by atoms with Crippen molar-refractivity contribution in [2.45, 2.75) is 34.6 Å². The molecule has 0 radical (unpaired) electrons. The Bertz CT molecular complexity index is 2520. The van der Waals surface area contributed by atoms with Crippen LogP contribution < -0.4 is 0 Å². The van der Waals surface area contributed by atoms with E-state index in [9.17, 15) is 0 Å². The van der Waals surface area contributed by atoms with Crippen LogP contribution in [-0.4, -0.2) is 24.5 Å². The predicted octanol–water partition coefficient (Wildman–Crippen LogP) is 7.56. The summed E-state index contributed by atoms with van der Waals surface area (Å²) >= 11 is 0. The lowest BCUT2D eigenvalue weighted by atomic mass is 9.95. The highest BCUT2D eigenvalue weighted by Crippen LogP contribution is 2.38. The molecule has 12 heteroatoms. The molecule has 4 rings (SSSR count). The van der Waals surface area contributed by atoms with Crippen molar-refractivity contribution in [3.63, 3.8) is 0 Å². The van der Waals surface area contributed by atoms with Crippen molar-refractivity contribution in [3.8, 4) is 129 Å². The fourth-order valence-electron chi connectivity index (χ4n) is 4.23. The molecule has 0 fully saturated rings. The first-order valence-corrected chi connectivity index (χ1v) is 14.1. The smallest absolute Gasteiger partial charge is 0.141 e. The molecule has 50 heavy (non-hydrogen) atoms. The van der Waals surface area contributed by atoms with E-state index in [2.05, 4.69) is 155 Å². The first-order valence-electron chi connectivity index (χ1n) is 14.1. The SMILES string of the molecule is C#CC#CC#CC#CC#CC#CC#CC#CC#CC.Cc1noc(C)c1-c1cc(-c2c(C)nn(C)c2C)c2c(c1)ncn2C.N=N/N=N/N=O.[HH].[HH].[HH].[HH].[HH].[HH].[HH].[HH]. The van der Waals surface area contributed by atoms with Crippen molar-refractivity contribution in [1.82, 2.24) is 24.5 Å². The molecule has 1 N–H and O–H groups in total. The number of terminal acetylenes is 1. The summed E-state index contributed by atoms with van der Waals surface area (Å²) in [6, 6.07) is 4.31. The highest BCUT2D eigenvalue weighted by atomic mass is 16.5. The Hall–Kier alpha value is -8.05. The lowest BCUT2D eigenvalue weighted by Crippen LogP contribution is -1.94. The quantitative estimate of drug-likeness (QED) is 0.103. The van der Waals surface area contributed by atoms with Crippen LogP contribution in [0.1, 0.15) is 41.2 Å². The van der Waals surface area contributed by atoms with Gasteiger partial charge in [-0.3, -0.25) is 4.68 Å². The molecule has 3 aromatic heterocycles. The minimum atomic E-state index is 0. The Kier molecular flexibility index (Phi) is 15.9. The van der Waals surface area contributed by atoms with Crippen LogP contribution in [0.2, 0.25) is 0 Å². The topological polar surface area (TPSA) is 152 Å². The summed E-state index contributed by atoms with van der Waals surface area (Å²) < 4.78 is 9.36. The molecule has 0 saturated heterocycles. The zero-order valence-electron chi connectivity index (χ0n) is 28.2. The molecule has 0 aliphatic rings. The third-order valence-electron chi connectivity index (χ3n) is 6.11. The van der Waals surface area contributed by atoms with E-state index in [0.29, 0.717) is 0 Å². The Morgan fingerprint density at radius 2 is 1.36 bits per heavy atom. The second kappa shape index (κ2) is 20.9. The fourth-order valence-corrected chi connectivity index (χ4v) is 4.23. The zero-order valence-corrected chi connectivity index (χ0v) is 28.2. The number of rotatable bonds is 4. The van der Waals surface area contributed by atoms with Gasteiger partial charge in [-0.15, -0.1) is 11.3 Å². The number of fused-ring (bicyclic) bond motifs is 1. The molecule has 1 aromatic carbocycles. The molecule has 3 heterocycles. The molecule has 0 aliphatic heterocycles. The average Bonchev–Trinajstić information content (AvgIpc) is 3.73. The summed E-state index contributed by atoms with van der Waals surface area (Å²) in [5.74, 6) is 42.7. The monoisotopic (exact) mass is 670 g/mol. The number of nitrogens with zero attached hydrogens (tertiary/aromatic N) is 9. The van der Waals surface area contributed by atoms with Crippen molar-refractivity contribution in [3.05, 3.63) is 46.2 Å². The van der Waals surface area contributed by atoms with Crippen LogP contribution in [0.3, 0.4) is 0 Å². The summed E-state index contributed by atoms with van der Waals surface area (Å²) in [4.78, 5) is 13.5. The third kappa shape index (κ3) is 11.4. The van der Waals surface area contributed by atoms with Crippen molar-refractivity contribution in [2.75, 3.05) is 0 Å². The van der Waals surface area contributed by atoms with Gasteiger partial charge in [-0.05, 0) is 157 Å². The molecule has 0 saturated carbocycles. The average molecular weight is 671 g/mol. The summed E-state index contributed by atoms with van der Waals surface area (Å²) in [5.41, 5.74) is 15.4. The van der Waals surface area contributed by atoms with Gasteiger partial charge < -0.3 is 9.09 Å². The summed E-state index contributed by atoms with van der Waals surface area (Å²) in [6.07, 6.45) is 6.75. The first kappa shape index (κ1) is 38.1. The van der Waals surface area contributed by atoms with E-state index >= 15 is 0 Å². The van der Waals surface area contributed by atoms with E-state index in [-0.39, 0.29) is 11.4 Å². The van der Waals surface area contributed by atoms with Crippen LogP contribution in [0.5, 0.6) is 0 Å². The van der Waals surface area contributed by atoms with Crippen LogP contribution in [0.25, 0.3) is 33.3 Å².